The maximum Gasteiger partial charge on any atom is 0.145 e. The molecule has 0 radical (unpaired) electrons. The molecule has 0 bridgehead atoms. The summed E-state index contributed by atoms with van der Waals surface area (Å²) in [6.45, 7) is 20.2. The SMILES string of the molecule is CC(C)=CCCC(C)(C[C@@H](O)P(=O)(c1ccccc1)[C@@H]1C[C@H](C)CC[C@H]1C(C)C)P(=O)(c1ccccc1)[C@@H]1C[C@H](C)CC[C@H]1C(C)C. The molecule has 2 aliphatic rings. The highest BCUT2D eigenvalue weighted by Gasteiger charge is 2.57. The van der Waals surface area contributed by atoms with Gasteiger partial charge in [0.2, 0.25) is 0 Å². The first-order valence-corrected chi connectivity index (χ1v) is 22.4. The summed E-state index contributed by atoms with van der Waals surface area (Å²) < 4.78 is 32.8. The lowest BCUT2D eigenvalue weighted by molar-refractivity contribution is 0.195. The van der Waals surface area contributed by atoms with Gasteiger partial charge < -0.3 is 14.2 Å². The van der Waals surface area contributed by atoms with Crippen LogP contribution in [-0.2, 0) is 9.13 Å². The van der Waals surface area contributed by atoms with Gasteiger partial charge in [-0.1, -0.05) is 134 Å². The first-order chi connectivity index (χ1) is 22.1. The Labute approximate surface area is 288 Å². The number of aliphatic hydroxyl groups excluding tert-OH is 1. The van der Waals surface area contributed by atoms with Crippen molar-refractivity contribution in [1.29, 1.82) is 0 Å². The van der Waals surface area contributed by atoms with Crippen LogP contribution in [0.15, 0.2) is 72.3 Å². The predicted molar refractivity (Wildman–Crippen MR) is 205 cm³/mol. The van der Waals surface area contributed by atoms with Crippen molar-refractivity contribution in [2.45, 2.75) is 142 Å². The van der Waals surface area contributed by atoms with Crippen LogP contribution in [0.25, 0.3) is 0 Å². The van der Waals surface area contributed by atoms with Crippen LogP contribution in [0, 0.1) is 35.5 Å². The molecule has 0 amide bonds. The van der Waals surface area contributed by atoms with E-state index < -0.39 is 25.3 Å². The Morgan fingerprint density at radius 3 is 1.74 bits per heavy atom. The molecular formula is C42H66O3P2. The molecule has 2 aliphatic carbocycles. The molecule has 5 heteroatoms. The minimum atomic E-state index is -3.36. The number of rotatable bonds is 13. The van der Waals surface area contributed by atoms with E-state index in [-0.39, 0.29) is 23.7 Å². The molecule has 2 saturated carbocycles. The lowest BCUT2D eigenvalue weighted by atomic mass is 9.77. The van der Waals surface area contributed by atoms with E-state index in [0.29, 0.717) is 36.0 Å². The summed E-state index contributed by atoms with van der Waals surface area (Å²) in [5.41, 5.74) is 1.20. The fourth-order valence-corrected chi connectivity index (χ4v) is 18.9. The third kappa shape index (κ3) is 8.16. The van der Waals surface area contributed by atoms with Gasteiger partial charge in [0.1, 0.15) is 20.1 Å². The van der Waals surface area contributed by atoms with E-state index in [2.05, 4.69) is 80.5 Å². The van der Waals surface area contributed by atoms with Crippen LogP contribution in [0.4, 0.5) is 0 Å². The van der Waals surface area contributed by atoms with Gasteiger partial charge in [0.25, 0.3) is 0 Å². The highest BCUT2D eigenvalue weighted by Crippen LogP contribution is 2.71. The maximum atomic E-state index is 16.7. The zero-order chi connectivity index (χ0) is 34.6. The number of allylic oxidation sites excluding steroid dienone is 2. The molecule has 47 heavy (non-hydrogen) atoms. The largest absolute Gasteiger partial charge is 0.385 e. The molecule has 2 fully saturated rings. The second-order valence-corrected chi connectivity index (χ2v) is 23.6. The second-order valence-electron chi connectivity index (χ2n) is 16.8. The van der Waals surface area contributed by atoms with E-state index in [1.54, 1.807) is 0 Å². The Kier molecular flexibility index (Phi) is 13.1. The van der Waals surface area contributed by atoms with E-state index in [1.807, 2.05) is 48.5 Å². The molecule has 0 spiro atoms. The number of hydrogen-bond acceptors (Lipinski definition) is 3. The van der Waals surface area contributed by atoms with Crippen molar-refractivity contribution < 1.29 is 14.2 Å². The minimum absolute atomic E-state index is 0.0341. The number of aliphatic hydroxyl groups is 1. The lowest BCUT2D eigenvalue weighted by Gasteiger charge is -2.51. The Morgan fingerprint density at radius 2 is 1.26 bits per heavy atom. The summed E-state index contributed by atoms with van der Waals surface area (Å²) in [5.74, 6) is 1.35. The molecule has 0 heterocycles. The Hall–Kier alpha value is -1.40. The van der Waals surface area contributed by atoms with Crippen LogP contribution >= 0.6 is 14.3 Å². The van der Waals surface area contributed by atoms with Gasteiger partial charge in [0.15, 0.2) is 0 Å². The van der Waals surface area contributed by atoms with Crippen LogP contribution in [0.2, 0.25) is 0 Å². The van der Waals surface area contributed by atoms with E-state index in [0.717, 1.165) is 49.1 Å². The fourth-order valence-electron chi connectivity index (χ4n) is 9.57. The van der Waals surface area contributed by atoms with E-state index in [1.165, 1.54) is 12.0 Å². The average molecular weight is 681 g/mol. The highest BCUT2D eigenvalue weighted by molar-refractivity contribution is 7.74. The van der Waals surface area contributed by atoms with Gasteiger partial charge in [-0.25, -0.2) is 0 Å². The first-order valence-electron chi connectivity index (χ1n) is 18.8. The standard InChI is InChI=1S/C42H66O3P2/c1-30(2)17-16-26-42(9,47(45,36-20-14-11-15-21-36)40-28-34(8)23-25-38(40)32(5)6)29-41(43)46(44,35-18-12-10-13-19-35)39-27-33(7)22-24-37(39)31(3)4/h10-15,17-21,31-34,37-41,43H,16,22-29H2,1-9H3/t33-,34-,37+,38+,39-,40-,41+,42?,46?,47?/m1/s1. The van der Waals surface area contributed by atoms with Crippen molar-refractivity contribution in [2.75, 3.05) is 0 Å². The first kappa shape index (κ1) is 38.4. The van der Waals surface area contributed by atoms with Gasteiger partial charge in [-0.3, -0.25) is 0 Å². The van der Waals surface area contributed by atoms with Crippen molar-refractivity contribution in [3.05, 3.63) is 72.3 Å². The molecule has 0 aliphatic heterocycles. The topological polar surface area (TPSA) is 54.4 Å². The zero-order valence-corrected chi connectivity index (χ0v) is 32.9. The smallest absolute Gasteiger partial charge is 0.145 e. The molecule has 2 aromatic carbocycles. The van der Waals surface area contributed by atoms with Gasteiger partial charge >= 0.3 is 0 Å². The van der Waals surface area contributed by atoms with Crippen molar-refractivity contribution in [3.63, 3.8) is 0 Å². The van der Waals surface area contributed by atoms with Crippen molar-refractivity contribution in [3.8, 4) is 0 Å². The third-order valence-corrected chi connectivity index (χ3v) is 20.7. The van der Waals surface area contributed by atoms with Crippen LogP contribution in [-0.4, -0.2) is 27.4 Å². The minimum Gasteiger partial charge on any atom is -0.385 e. The monoisotopic (exact) mass is 680 g/mol. The highest BCUT2D eigenvalue weighted by atomic mass is 31.2. The van der Waals surface area contributed by atoms with Crippen molar-refractivity contribution >= 4 is 24.9 Å². The summed E-state index contributed by atoms with van der Waals surface area (Å²) in [5, 5.41) is 13.8. The third-order valence-electron chi connectivity index (χ3n) is 12.3. The van der Waals surface area contributed by atoms with Crippen molar-refractivity contribution in [1.82, 2.24) is 0 Å². The van der Waals surface area contributed by atoms with Gasteiger partial charge in [0, 0.05) is 27.1 Å². The molecule has 1 N–H and O–H groups in total. The lowest BCUT2D eigenvalue weighted by Crippen LogP contribution is -2.45. The summed E-state index contributed by atoms with van der Waals surface area (Å²) >= 11 is 0. The Balaban J connectivity index is 1.93. The van der Waals surface area contributed by atoms with Gasteiger partial charge in [-0.15, -0.1) is 0 Å². The maximum absolute atomic E-state index is 16.7. The molecular weight excluding hydrogens is 614 g/mol. The van der Waals surface area contributed by atoms with Gasteiger partial charge in [0.05, 0.1) is 0 Å². The Bertz CT molecular complexity index is 1400. The summed E-state index contributed by atoms with van der Waals surface area (Å²) in [7, 11) is -6.55. The van der Waals surface area contributed by atoms with Crippen LogP contribution in [0.3, 0.4) is 0 Å². The van der Waals surface area contributed by atoms with E-state index >= 15 is 9.13 Å². The van der Waals surface area contributed by atoms with E-state index in [9.17, 15) is 5.11 Å². The van der Waals surface area contributed by atoms with Gasteiger partial charge in [-0.05, 0) is 94.3 Å². The van der Waals surface area contributed by atoms with Crippen molar-refractivity contribution in [2.24, 2.45) is 35.5 Å². The van der Waals surface area contributed by atoms with E-state index in [4.69, 9.17) is 0 Å². The zero-order valence-electron chi connectivity index (χ0n) is 31.1. The molecule has 3 nitrogen and oxygen atoms in total. The average Bonchev–Trinajstić information content (AvgIpc) is 3.04. The molecule has 2 aromatic rings. The molecule has 4 rings (SSSR count). The predicted octanol–water partition coefficient (Wildman–Crippen LogP) is 11.5. The summed E-state index contributed by atoms with van der Waals surface area (Å²) in [6, 6.07) is 20.2. The molecule has 0 saturated heterocycles. The van der Waals surface area contributed by atoms with Crippen LogP contribution in [0.1, 0.15) is 120 Å². The summed E-state index contributed by atoms with van der Waals surface area (Å²) in [4.78, 5) is 0. The van der Waals surface area contributed by atoms with Crippen LogP contribution in [0.5, 0.6) is 0 Å². The molecule has 262 valence electrons. The molecule has 3 unspecified atom stereocenters. The fraction of sp³-hybridized carbons (Fsp3) is 0.667. The molecule has 10 atom stereocenters. The Morgan fingerprint density at radius 1 is 0.787 bits per heavy atom. The summed E-state index contributed by atoms with van der Waals surface area (Å²) in [6.07, 6.45) is 10.3. The quantitative estimate of drug-likeness (QED) is 0.169. The molecule has 0 aromatic heterocycles. The van der Waals surface area contributed by atoms with Gasteiger partial charge in [-0.2, -0.15) is 0 Å². The van der Waals surface area contributed by atoms with Crippen LogP contribution < -0.4 is 10.6 Å². The number of hydrogen-bond donors (Lipinski definition) is 1. The number of benzene rings is 2. The normalized spacial score (nSPS) is 29.8. The second kappa shape index (κ2) is 16.1.